The maximum absolute atomic E-state index is 11.7. The highest BCUT2D eigenvalue weighted by molar-refractivity contribution is 5.83. The Morgan fingerprint density at radius 2 is 2.30 bits per heavy atom. The Kier molecular flexibility index (Phi) is 3.99. The van der Waals surface area contributed by atoms with Gasteiger partial charge in [-0.1, -0.05) is 25.8 Å². The molecule has 0 radical (unpaired) electrons. The summed E-state index contributed by atoms with van der Waals surface area (Å²) in [6, 6.07) is 7.62. The molecule has 1 saturated carbocycles. The lowest BCUT2D eigenvalue weighted by Gasteiger charge is -2.38. The van der Waals surface area contributed by atoms with Crippen LogP contribution in [0, 0.1) is 24.2 Å². The van der Waals surface area contributed by atoms with E-state index in [1.54, 1.807) is 12.1 Å². The summed E-state index contributed by atoms with van der Waals surface area (Å²) in [4.78, 5) is 11.7. The molecule has 1 fully saturated rings. The van der Waals surface area contributed by atoms with E-state index in [9.17, 15) is 15.2 Å². The molecule has 2 unspecified atom stereocenters. The molecule has 0 heterocycles. The molecule has 0 aliphatic heterocycles. The van der Waals surface area contributed by atoms with Gasteiger partial charge in [0.15, 0.2) is 0 Å². The number of carbonyl (C=O) groups is 1. The van der Waals surface area contributed by atoms with Crippen LogP contribution in [-0.2, 0) is 4.79 Å². The van der Waals surface area contributed by atoms with Gasteiger partial charge in [0.05, 0.1) is 11.3 Å². The second-order valence-corrected chi connectivity index (χ2v) is 5.87. The van der Waals surface area contributed by atoms with Crippen LogP contribution in [0.5, 0.6) is 0 Å². The van der Waals surface area contributed by atoms with Crippen molar-refractivity contribution in [2.24, 2.45) is 5.92 Å². The molecule has 2 rings (SSSR count). The second-order valence-electron chi connectivity index (χ2n) is 5.87. The number of nitrogens with zero attached hydrogens (tertiary/aromatic N) is 1. The average molecular weight is 272 g/mol. The largest absolute Gasteiger partial charge is 0.480 e. The maximum atomic E-state index is 11.7. The highest BCUT2D eigenvalue weighted by Crippen LogP contribution is 2.36. The van der Waals surface area contributed by atoms with Crippen molar-refractivity contribution in [1.82, 2.24) is 0 Å². The summed E-state index contributed by atoms with van der Waals surface area (Å²) in [6.45, 7) is 4.00. The molecule has 0 aromatic heterocycles. The van der Waals surface area contributed by atoms with Crippen molar-refractivity contribution in [3.63, 3.8) is 0 Å². The fraction of sp³-hybridized carbons (Fsp3) is 0.500. The molecule has 0 saturated heterocycles. The number of hydrogen-bond acceptors (Lipinski definition) is 3. The van der Waals surface area contributed by atoms with Crippen LogP contribution in [0.2, 0.25) is 0 Å². The summed E-state index contributed by atoms with van der Waals surface area (Å²) in [7, 11) is 0. The quantitative estimate of drug-likeness (QED) is 0.885. The minimum Gasteiger partial charge on any atom is -0.480 e. The van der Waals surface area contributed by atoms with Crippen LogP contribution in [0.15, 0.2) is 18.2 Å². The number of aliphatic carboxylic acids is 1. The van der Waals surface area contributed by atoms with Gasteiger partial charge in [-0.05, 0) is 43.4 Å². The van der Waals surface area contributed by atoms with Gasteiger partial charge in [-0.25, -0.2) is 4.79 Å². The Labute approximate surface area is 119 Å². The highest BCUT2D eigenvalue weighted by atomic mass is 16.4. The third-order valence-electron chi connectivity index (χ3n) is 4.08. The van der Waals surface area contributed by atoms with Crippen LogP contribution in [0.4, 0.5) is 5.69 Å². The summed E-state index contributed by atoms with van der Waals surface area (Å²) >= 11 is 0. The number of nitriles is 1. The SMILES string of the molecule is Cc1ccc(NC2(C(=O)O)CCCC(C)C2)c(C#N)c1. The number of hydrogen-bond donors (Lipinski definition) is 2. The molecule has 20 heavy (non-hydrogen) atoms. The summed E-state index contributed by atoms with van der Waals surface area (Å²) in [5.74, 6) is -0.447. The van der Waals surface area contributed by atoms with E-state index < -0.39 is 11.5 Å². The highest BCUT2D eigenvalue weighted by Gasteiger charge is 2.42. The summed E-state index contributed by atoms with van der Waals surface area (Å²) in [6.07, 6.45) is 3.16. The Balaban J connectivity index is 2.34. The van der Waals surface area contributed by atoms with E-state index in [4.69, 9.17) is 0 Å². The molecule has 4 heteroatoms. The maximum Gasteiger partial charge on any atom is 0.329 e. The van der Waals surface area contributed by atoms with Crippen LogP contribution in [0.25, 0.3) is 0 Å². The molecule has 0 bridgehead atoms. The third kappa shape index (κ3) is 2.77. The van der Waals surface area contributed by atoms with Gasteiger partial charge in [0.1, 0.15) is 11.6 Å². The number of benzene rings is 1. The Bertz CT molecular complexity index is 562. The zero-order valence-electron chi connectivity index (χ0n) is 11.9. The van der Waals surface area contributed by atoms with Gasteiger partial charge in [0.2, 0.25) is 0 Å². The molecule has 1 aliphatic rings. The molecule has 106 valence electrons. The number of aryl methyl sites for hydroxylation is 1. The molecule has 4 nitrogen and oxygen atoms in total. The third-order valence-corrected chi connectivity index (χ3v) is 4.08. The van der Waals surface area contributed by atoms with Crippen molar-refractivity contribution in [3.8, 4) is 6.07 Å². The Morgan fingerprint density at radius 1 is 1.55 bits per heavy atom. The van der Waals surface area contributed by atoms with Gasteiger partial charge in [0, 0.05) is 0 Å². The lowest BCUT2D eigenvalue weighted by atomic mass is 9.76. The predicted molar refractivity (Wildman–Crippen MR) is 77.5 cm³/mol. The number of carboxylic acid groups (broad SMARTS) is 1. The zero-order chi connectivity index (χ0) is 14.8. The first-order valence-corrected chi connectivity index (χ1v) is 6.99. The van der Waals surface area contributed by atoms with Crippen molar-refractivity contribution in [1.29, 1.82) is 5.26 Å². The van der Waals surface area contributed by atoms with Crippen molar-refractivity contribution >= 4 is 11.7 Å². The number of rotatable bonds is 3. The van der Waals surface area contributed by atoms with E-state index in [-0.39, 0.29) is 0 Å². The topological polar surface area (TPSA) is 73.1 Å². The van der Waals surface area contributed by atoms with Crippen molar-refractivity contribution in [3.05, 3.63) is 29.3 Å². The smallest absolute Gasteiger partial charge is 0.329 e. The second kappa shape index (κ2) is 5.54. The first kappa shape index (κ1) is 14.4. The lowest BCUT2D eigenvalue weighted by Crippen LogP contribution is -2.49. The van der Waals surface area contributed by atoms with Crippen molar-refractivity contribution in [2.45, 2.75) is 45.1 Å². The molecular weight excluding hydrogens is 252 g/mol. The fourth-order valence-corrected chi connectivity index (χ4v) is 3.03. The fourth-order valence-electron chi connectivity index (χ4n) is 3.03. The van der Waals surface area contributed by atoms with E-state index in [0.717, 1.165) is 18.4 Å². The normalized spacial score (nSPS) is 25.8. The number of carboxylic acids is 1. The van der Waals surface area contributed by atoms with Crippen LogP contribution in [0.1, 0.15) is 43.7 Å². The van der Waals surface area contributed by atoms with Crippen LogP contribution in [-0.4, -0.2) is 16.6 Å². The van der Waals surface area contributed by atoms with Crippen molar-refractivity contribution in [2.75, 3.05) is 5.32 Å². The standard InChI is InChI=1S/C16H20N2O2/c1-11-5-6-14(13(8-11)10-17)18-16(15(19)20)7-3-4-12(2)9-16/h5-6,8,12,18H,3-4,7,9H2,1-2H3,(H,19,20). The zero-order valence-corrected chi connectivity index (χ0v) is 11.9. The molecule has 2 N–H and O–H groups in total. The van der Waals surface area contributed by atoms with Gasteiger partial charge in [-0.3, -0.25) is 0 Å². The van der Waals surface area contributed by atoms with Crippen LogP contribution >= 0.6 is 0 Å². The first-order valence-electron chi connectivity index (χ1n) is 6.99. The molecular formula is C16H20N2O2. The van der Waals surface area contributed by atoms with E-state index >= 15 is 0 Å². The van der Waals surface area contributed by atoms with E-state index in [1.807, 2.05) is 13.0 Å². The van der Waals surface area contributed by atoms with Gasteiger partial charge >= 0.3 is 5.97 Å². The van der Waals surface area contributed by atoms with Crippen LogP contribution in [0.3, 0.4) is 0 Å². The predicted octanol–water partition coefficient (Wildman–Crippen LogP) is 3.31. The van der Waals surface area contributed by atoms with Gasteiger partial charge in [-0.2, -0.15) is 5.26 Å². The monoisotopic (exact) mass is 272 g/mol. The van der Waals surface area contributed by atoms with Gasteiger partial charge in [-0.15, -0.1) is 0 Å². The minimum absolute atomic E-state index is 0.378. The molecule has 1 aliphatic carbocycles. The minimum atomic E-state index is -0.946. The first-order chi connectivity index (χ1) is 9.47. The van der Waals surface area contributed by atoms with E-state index in [2.05, 4.69) is 18.3 Å². The molecule has 0 amide bonds. The number of anilines is 1. The molecule has 1 aromatic carbocycles. The summed E-state index contributed by atoms with van der Waals surface area (Å²) in [5.41, 5.74) is 1.17. The summed E-state index contributed by atoms with van der Waals surface area (Å²) < 4.78 is 0. The van der Waals surface area contributed by atoms with E-state index in [1.165, 1.54) is 0 Å². The molecule has 1 aromatic rings. The van der Waals surface area contributed by atoms with Gasteiger partial charge in [0.25, 0.3) is 0 Å². The molecule has 0 spiro atoms. The van der Waals surface area contributed by atoms with Crippen LogP contribution < -0.4 is 5.32 Å². The lowest BCUT2D eigenvalue weighted by molar-refractivity contribution is -0.144. The summed E-state index contributed by atoms with van der Waals surface area (Å²) in [5, 5.41) is 22.0. The Morgan fingerprint density at radius 3 is 2.90 bits per heavy atom. The Hall–Kier alpha value is -2.02. The van der Waals surface area contributed by atoms with Gasteiger partial charge < -0.3 is 10.4 Å². The average Bonchev–Trinajstić information content (AvgIpc) is 2.40. The molecule has 2 atom stereocenters. The number of nitrogens with one attached hydrogen (secondary N) is 1. The van der Waals surface area contributed by atoms with E-state index in [0.29, 0.717) is 30.0 Å². The van der Waals surface area contributed by atoms with Crippen molar-refractivity contribution < 1.29 is 9.90 Å².